The molecule has 7 heteroatoms. The van der Waals surface area contributed by atoms with Crippen LogP contribution in [0.2, 0.25) is 0 Å². The lowest BCUT2D eigenvalue weighted by molar-refractivity contribution is -0.121. The molecule has 0 radical (unpaired) electrons. The molecule has 0 spiro atoms. The minimum Gasteiger partial charge on any atom is -0.383 e. The van der Waals surface area contributed by atoms with Gasteiger partial charge in [0.2, 0.25) is 5.91 Å². The Balaban J connectivity index is 0.00000306. The summed E-state index contributed by atoms with van der Waals surface area (Å²) >= 11 is 0. The highest BCUT2D eigenvalue weighted by Gasteiger charge is 2.40. The van der Waals surface area contributed by atoms with Crippen molar-refractivity contribution in [2.45, 2.75) is 38.3 Å². The van der Waals surface area contributed by atoms with E-state index in [1.807, 2.05) is 47.5 Å². The Morgan fingerprint density at radius 3 is 2.73 bits per heavy atom. The first-order valence-corrected chi connectivity index (χ1v) is 11.3. The van der Waals surface area contributed by atoms with Crippen molar-refractivity contribution in [3.63, 3.8) is 0 Å². The molecule has 1 saturated heterocycles. The quantitative estimate of drug-likeness (QED) is 0.700. The zero-order valence-corrected chi connectivity index (χ0v) is 20.8. The summed E-state index contributed by atoms with van der Waals surface area (Å²) in [5.74, 6) is 0.120. The van der Waals surface area contributed by atoms with E-state index in [1.54, 1.807) is 7.11 Å². The number of carbonyl (C=O) groups excluding carboxylic acids is 1. The molecule has 0 bridgehead atoms. The van der Waals surface area contributed by atoms with E-state index in [-0.39, 0.29) is 29.8 Å². The third kappa shape index (κ3) is 5.30. The van der Waals surface area contributed by atoms with Gasteiger partial charge in [-0.2, -0.15) is 0 Å². The summed E-state index contributed by atoms with van der Waals surface area (Å²) in [7, 11) is 1.71. The Bertz CT molecular complexity index is 995. The van der Waals surface area contributed by atoms with Crippen LogP contribution in [0.5, 0.6) is 0 Å². The first-order chi connectivity index (χ1) is 15.3. The van der Waals surface area contributed by atoms with Gasteiger partial charge >= 0.3 is 0 Å². The lowest BCUT2D eigenvalue weighted by atomic mass is 9.88. The molecular formula is C26H35ClN4O2. The fourth-order valence-electron chi connectivity index (χ4n) is 4.77. The van der Waals surface area contributed by atoms with E-state index >= 15 is 0 Å². The van der Waals surface area contributed by atoms with Crippen molar-refractivity contribution < 1.29 is 9.53 Å². The number of hydrogen-bond donors (Lipinski definition) is 1. The van der Waals surface area contributed by atoms with Gasteiger partial charge in [0.1, 0.15) is 0 Å². The number of pyridine rings is 1. The zero-order chi connectivity index (χ0) is 22.9. The van der Waals surface area contributed by atoms with Crippen molar-refractivity contribution >= 4 is 29.6 Å². The molecule has 6 nitrogen and oxygen atoms in total. The monoisotopic (exact) mass is 470 g/mol. The van der Waals surface area contributed by atoms with Gasteiger partial charge in [0, 0.05) is 61.6 Å². The van der Waals surface area contributed by atoms with Crippen molar-refractivity contribution in [2.75, 3.05) is 44.8 Å². The number of methoxy groups -OCH3 is 1. The molecule has 2 aliphatic heterocycles. The summed E-state index contributed by atoms with van der Waals surface area (Å²) in [5.41, 5.74) is 4.62. The van der Waals surface area contributed by atoms with Crippen LogP contribution in [0, 0.1) is 0 Å². The van der Waals surface area contributed by atoms with E-state index in [0.717, 1.165) is 41.2 Å². The number of benzene rings is 1. The molecule has 1 fully saturated rings. The molecule has 1 N–H and O–H groups in total. The van der Waals surface area contributed by atoms with Gasteiger partial charge in [-0.3, -0.25) is 14.7 Å². The maximum atomic E-state index is 13.6. The number of ether oxygens (including phenoxy) is 1. The second-order valence-electron chi connectivity index (χ2n) is 9.64. The Kier molecular flexibility index (Phi) is 7.96. The average molecular weight is 471 g/mol. The highest BCUT2D eigenvalue weighted by Crippen LogP contribution is 2.41. The van der Waals surface area contributed by atoms with Gasteiger partial charge in [0.25, 0.3) is 0 Å². The normalized spacial score (nSPS) is 21.9. The van der Waals surface area contributed by atoms with Crippen LogP contribution in [0.25, 0.3) is 5.57 Å². The second-order valence-corrected chi connectivity index (χ2v) is 9.64. The third-order valence-corrected chi connectivity index (χ3v) is 6.61. The predicted octanol–water partition coefficient (Wildman–Crippen LogP) is 3.50. The molecule has 1 amide bonds. The first-order valence-electron chi connectivity index (χ1n) is 11.3. The van der Waals surface area contributed by atoms with E-state index in [0.29, 0.717) is 25.7 Å². The molecular weight excluding hydrogens is 436 g/mol. The van der Waals surface area contributed by atoms with Crippen LogP contribution in [-0.2, 0) is 14.9 Å². The molecule has 0 unspecified atom stereocenters. The number of aromatic nitrogens is 1. The highest BCUT2D eigenvalue weighted by molar-refractivity contribution is 5.98. The average Bonchev–Trinajstić information content (AvgIpc) is 3.06. The number of amides is 1. The van der Waals surface area contributed by atoms with E-state index in [2.05, 4.69) is 37.6 Å². The third-order valence-electron chi connectivity index (χ3n) is 6.61. The van der Waals surface area contributed by atoms with Gasteiger partial charge in [0.05, 0.1) is 24.5 Å². The summed E-state index contributed by atoms with van der Waals surface area (Å²) in [6, 6.07) is 12.6. The number of carbonyl (C=O) groups is 1. The number of fused-ring (bicyclic) bond motifs is 1. The summed E-state index contributed by atoms with van der Waals surface area (Å²) in [4.78, 5) is 22.5. The van der Waals surface area contributed by atoms with Crippen LogP contribution < -0.4 is 10.2 Å². The van der Waals surface area contributed by atoms with E-state index < -0.39 is 0 Å². The number of nitrogens with one attached hydrogen (secondary N) is 1. The summed E-state index contributed by atoms with van der Waals surface area (Å²) in [5, 5.41) is 3.49. The molecule has 2 aromatic rings. The van der Waals surface area contributed by atoms with Crippen LogP contribution in [0.4, 0.5) is 5.69 Å². The number of halogens is 1. The lowest BCUT2D eigenvalue weighted by Gasteiger charge is -2.39. The summed E-state index contributed by atoms with van der Waals surface area (Å²) < 4.78 is 5.40. The van der Waals surface area contributed by atoms with Crippen molar-refractivity contribution in [2.24, 2.45) is 0 Å². The van der Waals surface area contributed by atoms with Crippen LogP contribution in [0.15, 0.2) is 49.2 Å². The minimum absolute atomic E-state index is 0. The van der Waals surface area contributed by atoms with Crippen LogP contribution in [-0.4, -0.2) is 67.8 Å². The largest absolute Gasteiger partial charge is 0.383 e. The number of anilines is 1. The minimum atomic E-state index is -0.146. The van der Waals surface area contributed by atoms with Gasteiger partial charge in [-0.1, -0.05) is 50.8 Å². The zero-order valence-electron chi connectivity index (χ0n) is 20.0. The van der Waals surface area contributed by atoms with E-state index in [4.69, 9.17) is 9.72 Å². The lowest BCUT2D eigenvalue weighted by Crippen LogP contribution is -2.59. The summed E-state index contributed by atoms with van der Waals surface area (Å²) in [6.45, 7) is 14.1. The van der Waals surface area contributed by atoms with Crippen LogP contribution in [0.1, 0.15) is 37.6 Å². The number of nitrogens with zero attached hydrogens (tertiary/aromatic N) is 3. The van der Waals surface area contributed by atoms with Crippen molar-refractivity contribution in [3.05, 3.63) is 66.0 Å². The van der Waals surface area contributed by atoms with Gasteiger partial charge in [-0.15, -0.1) is 12.4 Å². The highest BCUT2D eigenvalue weighted by atomic mass is 35.5. The number of rotatable bonds is 6. The second kappa shape index (κ2) is 10.3. The Morgan fingerprint density at radius 2 is 2.03 bits per heavy atom. The van der Waals surface area contributed by atoms with Gasteiger partial charge in [0.15, 0.2) is 0 Å². The molecule has 2 atom stereocenters. The maximum Gasteiger partial charge on any atom is 0.241 e. The number of piperazine rings is 1. The van der Waals surface area contributed by atoms with Gasteiger partial charge in [-0.25, -0.2) is 0 Å². The van der Waals surface area contributed by atoms with Crippen molar-refractivity contribution in [1.82, 2.24) is 15.2 Å². The molecule has 178 valence electrons. The topological polar surface area (TPSA) is 57.7 Å². The smallest absolute Gasteiger partial charge is 0.241 e. The molecule has 0 saturated carbocycles. The Labute approximate surface area is 203 Å². The maximum absolute atomic E-state index is 13.6. The Morgan fingerprint density at radius 1 is 1.30 bits per heavy atom. The Hall–Kier alpha value is -2.25. The molecule has 0 aliphatic carbocycles. The molecule has 3 heterocycles. The molecule has 1 aromatic carbocycles. The van der Waals surface area contributed by atoms with E-state index in [1.165, 1.54) is 0 Å². The molecule has 4 rings (SSSR count). The SMILES string of the molecule is C=C(c1ccccc1)c1cc2c(cn1)C(C)(C)CN2C(=O)CN1C[C@@H](C)NC[C@@H]1COC.Cl. The molecule has 1 aromatic heterocycles. The standard InChI is InChI=1S/C26H34N4O2.ClH/c1-18-14-29(21(12-27-18)16-32-5)15-25(31)30-17-26(3,4)22-13-28-23(11-24(22)30)19(2)20-9-7-6-8-10-20;/h6-11,13,18,21,27H,2,12,14-17H2,1,3-5H3;1H/t18-,21-;/m1./s1. The molecule has 2 aliphatic rings. The summed E-state index contributed by atoms with van der Waals surface area (Å²) in [6.07, 6.45) is 1.92. The fourth-order valence-corrected chi connectivity index (χ4v) is 4.77. The van der Waals surface area contributed by atoms with Gasteiger partial charge < -0.3 is 15.0 Å². The fraction of sp³-hybridized carbons (Fsp3) is 0.462. The van der Waals surface area contributed by atoms with E-state index in [9.17, 15) is 4.79 Å². The van der Waals surface area contributed by atoms with Crippen molar-refractivity contribution in [1.29, 1.82) is 0 Å². The first kappa shape index (κ1) is 25.4. The van der Waals surface area contributed by atoms with Crippen LogP contribution in [0.3, 0.4) is 0 Å². The van der Waals surface area contributed by atoms with Gasteiger partial charge in [-0.05, 0) is 18.6 Å². The van der Waals surface area contributed by atoms with Crippen molar-refractivity contribution in [3.8, 4) is 0 Å². The molecule has 33 heavy (non-hydrogen) atoms. The predicted molar refractivity (Wildman–Crippen MR) is 136 cm³/mol. The van der Waals surface area contributed by atoms with Crippen LogP contribution >= 0.6 is 12.4 Å². The number of hydrogen-bond acceptors (Lipinski definition) is 5.